The van der Waals surface area contributed by atoms with Crippen molar-refractivity contribution in [2.24, 2.45) is 5.92 Å². The van der Waals surface area contributed by atoms with E-state index in [2.05, 4.69) is 34.0 Å². The molecule has 0 radical (unpaired) electrons. The van der Waals surface area contributed by atoms with E-state index in [9.17, 15) is 0 Å². The Morgan fingerprint density at radius 1 is 1.20 bits per heavy atom. The van der Waals surface area contributed by atoms with E-state index in [-0.39, 0.29) is 6.61 Å². The van der Waals surface area contributed by atoms with Gasteiger partial charge in [0.2, 0.25) is 0 Å². The van der Waals surface area contributed by atoms with Gasteiger partial charge in [0.15, 0.2) is 0 Å². The summed E-state index contributed by atoms with van der Waals surface area (Å²) in [6.07, 6.45) is 1.26. The number of hydrogen-bond donors (Lipinski definition) is 2. The van der Waals surface area contributed by atoms with Crippen LogP contribution in [0.3, 0.4) is 0 Å². The first-order valence-electron chi connectivity index (χ1n) is 8.21. The summed E-state index contributed by atoms with van der Waals surface area (Å²) in [4.78, 5) is 7.51. The zero-order valence-electron chi connectivity index (χ0n) is 13.2. The molecule has 2 N–H and O–H groups in total. The fourth-order valence-electron chi connectivity index (χ4n) is 3.57. The number of nitrogens with zero attached hydrogens (tertiary/aromatic N) is 3. The largest absolute Gasteiger partial charge is 0.395 e. The van der Waals surface area contributed by atoms with E-state index in [1.54, 1.807) is 0 Å². The van der Waals surface area contributed by atoms with Gasteiger partial charge < -0.3 is 20.2 Å². The van der Waals surface area contributed by atoms with Gasteiger partial charge in [-0.15, -0.1) is 0 Å². The summed E-state index contributed by atoms with van der Waals surface area (Å²) in [6, 6.07) is 0.570. The van der Waals surface area contributed by atoms with Crippen molar-refractivity contribution in [1.82, 2.24) is 20.0 Å². The molecular formula is C15H32N4O. The summed E-state index contributed by atoms with van der Waals surface area (Å²) in [5, 5.41) is 12.7. The molecule has 0 aromatic rings. The minimum atomic E-state index is 0.259. The molecule has 2 atom stereocenters. The molecule has 2 unspecified atom stereocenters. The Kier molecular flexibility index (Phi) is 6.71. The van der Waals surface area contributed by atoms with Gasteiger partial charge in [-0.25, -0.2) is 0 Å². The first-order chi connectivity index (χ1) is 9.74. The lowest BCUT2D eigenvalue weighted by molar-refractivity contribution is 0.0679. The molecule has 2 heterocycles. The summed E-state index contributed by atoms with van der Waals surface area (Å²) in [5.74, 6) is 0.737. The fourth-order valence-corrected chi connectivity index (χ4v) is 3.57. The molecule has 0 bridgehead atoms. The molecule has 5 nitrogen and oxygen atoms in total. The van der Waals surface area contributed by atoms with Crippen LogP contribution in [0.5, 0.6) is 0 Å². The van der Waals surface area contributed by atoms with Gasteiger partial charge in [0.05, 0.1) is 6.61 Å². The van der Waals surface area contributed by atoms with Crippen molar-refractivity contribution >= 4 is 0 Å². The molecule has 2 aliphatic heterocycles. The molecule has 0 aliphatic carbocycles. The van der Waals surface area contributed by atoms with Crippen molar-refractivity contribution in [2.75, 3.05) is 72.6 Å². The Bertz CT molecular complexity index is 269. The monoisotopic (exact) mass is 284 g/mol. The number of likely N-dealkylation sites (N-methyl/N-ethyl adjacent to an activating group) is 2. The van der Waals surface area contributed by atoms with Crippen LogP contribution in [0.1, 0.15) is 13.3 Å². The second-order valence-corrected chi connectivity index (χ2v) is 6.26. The van der Waals surface area contributed by atoms with Crippen LogP contribution in [-0.4, -0.2) is 98.4 Å². The molecule has 0 spiro atoms. The van der Waals surface area contributed by atoms with E-state index in [4.69, 9.17) is 5.11 Å². The van der Waals surface area contributed by atoms with Crippen LogP contribution in [0.2, 0.25) is 0 Å². The Labute approximate surface area is 123 Å². The van der Waals surface area contributed by atoms with Crippen LogP contribution in [0.25, 0.3) is 0 Å². The van der Waals surface area contributed by atoms with Gasteiger partial charge >= 0.3 is 0 Å². The number of piperazine rings is 1. The Balaban J connectivity index is 1.82. The number of nitrogens with one attached hydrogen (secondary N) is 1. The molecule has 0 amide bonds. The highest BCUT2D eigenvalue weighted by atomic mass is 16.3. The molecule has 2 fully saturated rings. The minimum Gasteiger partial charge on any atom is -0.395 e. The molecule has 5 heteroatoms. The molecule has 118 valence electrons. The van der Waals surface area contributed by atoms with Crippen LogP contribution in [0.4, 0.5) is 0 Å². The summed E-state index contributed by atoms with van der Waals surface area (Å²) >= 11 is 0. The van der Waals surface area contributed by atoms with Crippen molar-refractivity contribution < 1.29 is 5.11 Å². The standard InChI is InChI=1S/C15H32N4O/c1-3-18-6-8-19(9-7-18)13-14-4-5-16-12-15(14)17(2)10-11-20/h14-16,20H,3-13H2,1-2H3. The quantitative estimate of drug-likeness (QED) is 0.690. The van der Waals surface area contributed by atoms with E-state index < -0.39 is 0 Å². The van der Waals surface area contributed by atoms with Gasteiger partial charge in [0.1, 0.15) is 0 Å². The van der Waals surface area contributed by atoms with Crippen molar-refractivity contribution in [1.29, 1.82) is 0 Å². The lowest BCUT2D eigenvalue weighted by Crippen LogP contribution is -2.55. The maximum Gasteiger partial charge on any atom is 0.0558 e. The highest BCUT2D eigenvalue weighted by Gasteiger charge is 2.30. The van der Waals surface area contributed by atoms with Crippen LogP contribution >= 0.6 is 0 Å². The van der Waals surface area contributed by atoms with Crippen LogP contribution in [0, 0.1) is 5.92 Å². The van der Waals surface area contributed by atoms with Gasteiger partial charge in [-0.2, -0.15) is 0 Å². The Hall–Kier alpha value is -0.200. The molecule has 2 rings (SSSR count). The summed E-state index contributed by atoms with van der Waals surface area (Å²) < 4.78 is 0. The minimum absolute atomic E-state index is 0.259. The Morgan fingerprint density at radius 3 is 2.55 bits per heavy atom. The van der Waals surface area contributed by atoms with Gasteiger partial charge in [0.25, 0.3) is 0 Å². The van der Waals surface area contributed by atoms with E-state index in [0.717, 1.165) is 25.6 Å². The van der Waals surface area contributed by atoms with Crippen molar-refractivity contribution in [2.45, 2.75) is 19.4 Å². The van der Waals surface area contributed by atoms with Crippen molar-refractivity contribution in [3.8, 4) is 0 Å². The maximum absolute atomic E-state index is 9.15. The van der Waals surface area contributed by atoms with Crippen molar-refractivity contribution in [3.05, 3.63) is 0 Å². The van der Waals surface area contributed by atoms with Gasteiger partial charge in [-0.1, -0.05) is 6.92 Å². The van der Waals surface area contributed by atoms with Crippen LogP contribution in [0.15, 0.2) is 0 Å². The molecule has 0 aromatic heterocycles. The topological polar surface area (TPSA) is 42.0 Å². The summed E-state index contributed by atoms with van der Waals surface area (Å²) in [5.41, 5.74) is 0. The zero-order chi connectivity index (χ0) is 14.4. The fraction of sp³-hybridized carbons (Fsp3) is 1.00. The van der Waals surface area contributed by atoms with Crippen molar-refractivity contribution in [3.63, 3.8) is 0 Å². The molecule has 0 aromatic carbocycles. The lowest BCUT2D eigenvalue weighted by atomic mass is 9.90. The zero-order valence-corrected chi connectivity index (χ0v) is 13.2. The molecule has 2 saturated heterocycles. The average molecular weight is 284 g/mol. The first kappa shape index (κ1) is 16.2. The SMILES string of the molecule is CCN1CCN(CC2CCNCC2N(C)CCO)CC1. The van der Waals surface area contributed by atoms with E-state index >= 15 is 0 Å². The lowest BCUT2D eigenvalue weighted by Gasteiger charge is -2.42. The number of aliphatic hydroxyl groups is 1. The summed E-state index contributed by atoms with van der Waals surface area (Å²) in [6.45, 7) is 12.8. The Morgan fingerprint density at radius 2 is 1.90 bits per heavy atom. The van der Waals surface area contributed by atoms with Gasteiger partial charge in [0, 0.05) is 51.9 Å². The van der Waals surface area contributed by atoms with Crippen LogP contribution < -0.4 is 5.32 Å². The molecule has 20 heavy (non-hydrogen) atoms. The van der Waals surface area contributed by atoms with Crippen LogP contribution in [-0.2, 0) is 0 Å². The average Bonchev–Trinajstić information content (AvgIpc) is 2.49. The molecule has 0 saturated carbocycles. The second-order valence-electron chi connectivity index (χ2n) is 6.26. The summed E-state index contributed by atoms with van der Waals surface area (Å²) in [7, 11) is 2.15. The number of rotatable bonds is 6. The van der Waals surface area contributed by atoms with Gasteiger partial charge in [-0.05, 0) is 32.5 Å². The first-order valence-corrected chi connectivity index (χ1v) is 8.21. The number of piperidine rings is 1. The predicted octanol–water partition coefficient (Wildman–Crippen LogP) is -0.474. The molecule has 2 aliphatic rings. The number of hydrogen-bond acceptors (Lipinski definition) is 5. The maximum atomic E-state index is 9.15. The second kappa shape index (κ2) is 8.29. The normalized spacial score (nSPS) is 30.0. The highest BCUT2D eigenvalue weighted by Crippen LogP contribution is 2.19. The van der Waals surface area contributed by atoms with E-state index in [1.165, 1.54) is 45.7 Å². The van der Waals surface area contributed by atoms with Gasteiger partial charge in [-0.3, -0.25) is 4.90 Å². The van der Waals surface area contributed by atoms with E-state index in [0.29, 0.717) is 6.04 Å². The molecular weight excluding hydrogens is 252 g/mol. The highest BCUT2D eigenvalue weighted by molar-refractivity contribution is 4.87. The number of aliphatic hydroxyl groups excluding tert-OH is 1. The third-order valence-corrected chi connectivity index (χ3v) is 5.01. The third kappa shape index (κ3) is 4.40. The smallest absolute Gasteiger partial charge is 0.0558 e. The predicted molar refractivity (Wildman–Crippen MR) is 83.0 cm³/mol. The third-order valence-electron chi connectivity index (χ3n) is 5.01. The van der Waals surface area contributed by atoms with E-state index in [1.807, 2.05) is 0 Å².